The van der Waals surface area contributed by atoms with Crippen molar-refractivity contribution in [1.29, 1.82) is 0 Å². The fraction of sp³-hybridized carbons (Fsp3) is 0.0588. The number of hydrogen-bond acceptors (Lipinski definition) is 4. The van der Waals surface area contributed by atoms with E-state index in [1.54, 1.807) is 10.9 Å². The maximum atomic E-state index is 12.4. The van der Waals surface area contributed by atoms with E-state index in [-0.39, 0.29) is 10.5 Å². The molecule has 0 saturated carbocycles. The summed E-state index contributed by atoms with van der Waals surface area (Å²) in [4.78, 5) is 10.8. The van der Waals surface area contributed by atoms with Gasteiger partial charge in [0.25, 0.3) is 10.0 Å². The van der Waals surface area contributed by atoms with Crippen molar-refractivity contribution in [2.75, 3.05) is 4.72 Å². The van der Waals surface area contributed by atoms with E-state index >= 15 is 0 Å². The van der Waals surface area contributed by atoms with E-state index in [1.165, 1.54) is 30.5 Å². The summed E-state index contributed by atoms with van der Waals surface area (Å²) < 4.78 is 28.8. The van der Waals surface area contributed by atoms with Crippen LogP contribution in [0.5, 0.6) is 0 Å². The molecule has 2 N–H and O–H groups in total. The Morgan fingerprint density at radius 1 is 1.08 bits per heavy atom. The number of carboxylic acid groups (broad SMARTS) is 1. The molecule has 128 valence electrons. The van der Waals surface area contributed by atoms with E-state index in [9.17, 15) is 13.2 Å². The Labute approximate surface area is 144 Å². The first kappa shape index (κ1) is 16.7. The van der Waals surface area contributed by atoms with Crippen LogP contribution in [0.15, 0.2) is 71.9 Å². The lowest BCUT2D eigenvalue weighted by Crippen LogP contribution is -2.12. The summed E-state index contributed by atoms with van der Waals surface area (Å²) in [6.45, 7) is 0.524. The molecule has 0 aliphatic carbocycles. The number of benzene rings is 2. The SMILES string of the molecule is O=C(O)c1ccc(S(=O)(=O)Nc2cnn(Cc3ccccc3)c2)cc1. The average molecular weight is 357 g/mol. The molecule has 0 aliphatic rings. The fourth-order valence-corrected chi connectivity index (χ4v) is 3.29. The highest BCUT2D eigenvalue weighted by Gasteiger charge is 2.16. The Hall–Kier alpha value is -3.13. The Morgan fingerprint density at radius 2 is 1.76 bits per heavy atom. The molecule has 3 aromatic rings. The number of aromatic carboxylic acids is 1. The lowest BCUT2D eigenvalue weighted by Gasteiger charge is -2.06. The lowest BCUT2D eigenvalue weighted by molar-refractivity contribution is 0.0696. The topological polar surface area (TPSA) is 101 Å². The van der Waals surface area contributed by atoms with Crippen LogP contribution in [0.3, 0.4) is 0 Å². The second kappa shape index (κ2) is 6.78. The van der Waals surface area contributed by atoms with E-state index in [0.717, 1.165) is 5.56 Å². The molecule has 25 heavy (non-hydrogen) atoms. The summed E-state index contributed by atoms with van der Waals surface area (Å²) in [5, 5.41) is 13.0. The van der Waals surface area contributed by atoms with Gasteiger partial charge in [-0.1, -0.05) is 30.3 Å². The molecule has 0 bridgehead atoms. The molecule has 7 nitrogen and oxygen atoms in total. The first-order chi connectivity index (χ1) is 11.9. The van der Waals surface area contributed by atoms with E-state index in [4.69, 9.17) is 5.11 Å². The highest BCUT2D eigenvalue weighted by Crippen LogP contribution is 2.16. The van der Waals surface area contributed by atoms with Gasteiger partial charge in [0, 0.05) is 6.20 Å². The van der Waals surface area contributed by atoms with Gasteiger partial charge < -0.3 is 5.11 Å². The number of nitrogens with zero attached hydrogens (tertiary/aromatic N) is 2. The number of rotatable bonds is 6. The third-order valence-corrected chi connectivity index (χ3v) is 4.88. The molecule has 0 fully saturated rings. The van der Waals surface area contributed by atoms with E-state index in [0.29, 0.717) is 12.2 Å². The van der Waals surface area contributed by atoms with Crippen LogP contribution >= 0.6 is 0 Å². The van der Waals surface area contributed by atoms with Crippen LogP contribution in [0.25, 0.3) is 0 Å². The number of carboxylic acids is 1. The van der Waals surface area contributed by atoms with Crippen LogP contribution in [0.2, 0.25) is 0 Å². The minimum absolute atomic E-state index is 0.0201. The van der Waals surface area contributed by atoms with Crippen molar-refractivity contribution in [2.24, 2.45) is 0 Å². The van der Waals surface area contributed by atoms with Gasteiger partial charge >= 0.3 is 5.97 Å². The molecule has 0 spiro atoms. The zero-order valence-corrected chi connectivity index (χ0v) is 13.8. The second-order valence-electron chi connectivity index (χ2n) is 5.35. The molecule has 0 unspecified atom stereocenters. The molecule has 3 rings (SSSR count). The van der Waals surface area contributed by atoms with Crippen molar-refractivity contribution in [3.63, 3.8) is 0 Å². The Kier molecular flexibility index (Phi) is 4.53. The van der Waals surface area contributed by atoms with Gasteiger partial charge in [0.05, 0.1) is 28.9 Å². The largest absolute Gasteiger partial charge is 0.478 e. The molecule has 0 aliphatic heterocycles. The van der Waals surface area contributed by atoms with Gasteiger partial charge in [-0.2, -0.15) is 5.10 Å². The zero-order valence-electron chi connectivity index (χ0n) is 13.0. The monoisotopic (exact) mass is 357 g/mol. The Bertz CT molecular complexity index is 980. The molecular formula is C17H15N3O4S. The van der Waals surface area contributed by atoms with E-state index in [1.807, 2.05) is 30.3 Å². The van der Waals surface area contributed by atoms with Crippen molar-refractivity contribution in [3.05, 3.63) is 78.1 Å². The number of sulfonamides is 1. The van der Waals surface area contributed by atoms with Crippen molar-refractivity contribution in [2.45, 2.75) is 11.4 Å². The minimum Gasteiger partial charge on any atom is -0.478 e. The molecular weight excluding hydrogens is 342 g/mol. The van der Waals surface area contributed by atoms with Crippen LogP contribution in [0.1, 0.15) is 15.9 Å². The Balaban J connectivity index is 1.74. The Morgan fingerprint density at radius 3 is 2.40 bits per heavy atom. The summed E-state index contributed by atoms with van der Waals surface area (Å²) in [6.07, 6.45) is 3.02. The molecule has 0 saturated heterocycles. The fourth-order valence-electron chi connectivity index (χ4n) is 2.26. The van der Waals surface area contributed by atoms with Crippen LogP contribution in [0.4, 0.5) is 5.69 Å². The smallest absolute Gasteiger partial charge is 0.335 e. The lowest BCUT2D eigenvalue weighted by atomic mass is 10.2. The van der Waals surface area contributed by atoms with E-state index < -0.39 is 16.0 Å². The molecule has 0 radical (unpaired) electrons. The predicted molar refractivity (Wildman–Crippen MR) is 92.0 cm³/mol. The minimum atomic E-state index is -3.81. The normalized spacial score (nSPS) is 11.2. The second-order valence-corrected chi connectivity index (χ2v) is 7.03. The van der Waals surface area contributed by atoms with E-state index in [2.05, 4.69) is 9.82 Å². The van der Waals surface area contributed by atoms with Crippen molar-refractivity contribution < 1.29 is 18.3 Å². The molecule has 8 heteroatoms. The maximum Gasteiger partial charge on any atom is 0.335 e. The molecule has 0 amide bonds. The molecule has 1 aromatic heterocycles. The van der Waals surface area contributed by atoms with Gasteiger partial charge in [-0.25, -0.2) is 13.2 Å². The van der Waals surface area contributed by atoms with Crippen LogP contribution in [0, 0.1) is 0 Å². The third kappa shape index (κ3) is 4.04. The zero-order chi connectivity index (χ0) is 17.9. The van der Waals surface area contributed by atoms with Crippen LogP contribution in [-0.2, 0) is 16.6 Å². The molecule has 1 heterocycles. The van der Waals surface area contributed by atoms with Crippen molar-refractivity contribution in [3.8, 4) is 0 Å². The highest BCUT2D eigenvalue weighted by atomic mass is 32.2. The van der Waals surface area contributed by atoms with Gasteiger partial charge in [0.2, 0.25) is 0 Å². The number of nitrogens with one attached hydrogen (secondary N) is 1. The van der Waals surface area contributed by atoms with Crippen LogP contribution in [-0.4, -0.2) is 29.3 Å². The number of anilines is 1. The van der Waals surface area contributed by atoms with Gasteiger partial charge in [-0.05, 0) is 29.8 Å². The average Bonchev–Trinajstić information content (AvgIpc) is 3.02. The summed E-state index contributed by atoms with van der Waals surface area (Å²) in [7, 11) is -3.81. The quantitative estimate of drug-likeness (QED) is 0.705. The first-order valence-electron chi connectivity index (χ1n) is 7.36. The molecule has 2 aromatic carbocycles. The third-order valence-electron chi connectivity index (χ3n) is 3.48. The summed E-state index contributed by atoms with van der Waals surface area (Å²) >= 11 is 0. The summed E-state index contributed by atoms with van der Waals surface area (Å²) in [5.41, 5.74) is 1.40. The number of carbonyl (C=O) groups is 1. The number of hydrogen-bond donors (Lipinski definition) is 2. The highest BCUT2D eigenvalue weighted by molar-refractivity contribution is 7.92. The maximum absolute atomic E-state index is 12.4. The van der Waals surface area contributed by atoms with Crippen molar-refractivity contribution >= 4 is 21.7 Å². The van der Waals surface area contributed by atoms with Gasteiger partial charge in [-0.3, -0.25) is 9.40 Å². The number of aromatic nitrogens is 2. The van der Waals surface area contributed by atoms with Crippen LogP contribution < -0.4 is 4.72 Å². The summed E-state index contributed by atoms with van der Waals surface area (Å²) in [5.74, 6) is -1.11. The standard InChI is InChI=1S/C17H15N3O4S/c21-17(22)14-6-8-16(9-7-14)25(23,24)19-15-10-18-20(12-15)11-13-4-2-1-3-5-13/h1-10,12,19H,11H2,(H,21,22). The summed E-state index contributed by atoms with van der Waals surface area (Å²) in [6, 6.07) is 14.7. The molecule has 0 atom stereocenters. The van der Waals surface area contributed by atoms with Gasteiger partial charge in [0.15, 0.2) is 0 Å². The predicted octanol–water partition coefficient (Wildman–Crippen LogP) is 2.43. The van der Waals surface area contributed by atoms with Crippen molar-refractivity contribution in [1.82, 2.24) is 9.78 Å². The van der Waals surface area contributed by atoms with Gasteiger partial charge in [-0.15, -0.1) is 0 Å². The first-order valence-corrected chi connectivity index (χ1v) is 8.85. The van der Waals surface area contributed by atoms with Gasteiger partial charge in [0.1, 0.15) is 0 Å².